The van der Waals surface area contributed by atoms with Crippen LogP contribution in [0, 0.1) is 5.82 Å². The van der Waals surface area contributed by atoms with Gasteiger partial charge in [-0.3, -0.25) is 9.58 Å². The number of anilines is 1. The normalized spacial score (nSPS) is 14.7. The Balaban J connectivity index is 0.00000225. The van der Waals surface area contributed by atoms with Crippen LogP contribution in [0.15, 0.2) is 55.0 Å². The summed E-state index contributed by atoms with van der Waals surface area (Å²) in [7, 11) is 0. The Morgan fingerprint density at radius 2 is 1.79 bits per heavy atom. The van der Waals surface area contributed by atoms with Crippen molar-refractivity contribution in [1.29, 1.82) is 0 Å². The number of hydrogen-bond donors (Lipinski definition) is 0. The number of pyridine rings is 1. The fraction of sp³-hybridized carbons (Fsp3) is 0.333. The molecule has 0 spiro atoms. The van der Waals surface area contributed by atoms with Crippen LogP contribution in [0.2, 0.25) is 0 Å². The maximum atomic E-state index is 13.3. The van der Waals surface area contributed by atoms with Crippen molar-refractivity contribution < 1.29 is 4.39 Å². The minimum atomic E-state index is -0.218. The average molecular weight is 402 g/mol. The molecule has 1 saturated heterocycles. The summed E-state index contributed by atoms with van der Waals surface area (Å²) in [4.78, 5) is 9.40. The summed E-state index contributed by atoms with van der Waals surface area (Å²) in [5, 5.41) is 4.36. The highest BCUT2D eigenvalue weighted by Crippen LogP contribution is 2.29. The Labute approximate surface area is 171 Å². The highest BCUT2D eigenvalue weighted by atomic mass is 35.5. The largest absolute Gasteiger partial charge is 0.354 e. The Kier molecular flexibility index (Phi) is 6.65. The van der Waals surface area contributed by atoms with Gasteiger partial charge in [0.25, 0.3) is 0 Å². The molecule has 148 valence electrons. The van der Waals surface area contributed by atoms with E-state index in [0.717, 1.165) is 56.2 Å². The molecule has 3 heterocycles. The molecule has 4 rings (SSSR count). The molecule has 0 aliphatic carbocycles. The molecule has 0 unspecified atom stereocenters. The Bertz CT molecular complexity index is 888. The number of benzene rings is 1. The maximum absolute atomic E-state index is 13.3. The van der Waals surface area contributed by atoms with Crippen LogP contribution in [0.25, 0.3) is 11.1 Å². The molecule has 5 nitrogen and oxygen atoms in total. The Hall–Kier alpha value is -2.44. The zero-order chi connectivity index (χ0) is 18.6. The van der Waals surface area contributed by atoms with Crippen molar-refractivity contribution in [1.82, 2.24) is 19.7 Å². The average Bonchev–Trinajstić information content (AvgIpc) is 3.17. The number of halogens is 2. The zero-order valence-electron chi connectivity index (χ0n) is 16.0. The predicted molar refractivity (Wildman–Crippen MR) is 112 cm³/mol. The van der Waals surface area contributed by atoms with E-state index in [9.17, 15) is 4.39 Å². The number of rotatable bonds is 5. The molecule has 0 radical (unpaired) electrons. The quantitative estimate of drug-likeness (QED) is 0.650. The van der Waals surface area contributed by atoms with E-state index in [1.54, 1.807) is 0 Å². The first-order chi connectivity index (χ1) is 13.2. The summed E-state index contributed by atoms with van der Waals surface area (Å²) in [6.07, 6.45) is 5.91. The lowest BCUT2D eigenvalue weighted by atomic mass is 10.1. The van der Waals surface area contributed by atoms with Gasteiger partial charge in [0.15, 0.2) is 0 Å². The van der Waals surface area contributed by atoms with Gasteiger partial charge in [0.2, 0.25) is 0 Å². The number of hydrogen-bond acceptors (Lipinski definition) is 4. The molecule has 3 aromatic rings. The number of piperazine rings is 1. The lowest BCUT2D eigenvalue weighted by molar-refractivity contribution is 0.249. The fourth-order valence-electron chi connectivity index (χ4n) is 3.54. The molecule has 0 atom stereocenters. The molecule has 0 saturated carbocycles. The van der Waals surface area contributed by atoms with Gasteiger partial charge in [-0.15, -0.1) is 12.4 Å². The van der Waals surface area contributed by atoms with Crippen LogP contribution in [-0.4, -0.2) is 45.8 Å². The van der Waals surface area contributed by atoms with E-state index >= 15 is 0 Å². The van der Waals surface area contributed by atoms with Crippen molar-refractivity contribution in [3.63, 3.8) is 0 Å². The molecule has 2 aromatic heterocycles. The maximum Gasteiger partial charge on any atom is 0.136 e. The van der Waals surface area contributed by atoms with E-state index in [-0.39, 0.29) is 18.2 Å². The number of aromatic nitrogens is 3. The topological polar surface area (TPSA) is 37.2 Å². The summed E-state index contributed by atoms with van der Waals surface area (Å²) in [6.45, 7) is 7.75. The van der Waals surface area contributed by atoms with E-state index in [4.69, 9.17) is 0 Å². The van der Waals surface area contributed by atoms with Crippen LogP contribution in [0.4, 0.5) is 10.2 Å². The van der Waals surface area contributed by atoms with Crippen LogP contribution in [0.1, 0.15) is 12.5 Å². The third-order valence-electron chi connectivity index (χ3n) is 5.03. The molecular formula is C21H25ClFN5. The van der Waals surface area contributed by atoms with Gasteiger partial charge in [-0.1, -0.05) is 12.1 Å². The summed E-state index contributed by atoms with van der Waals surface area (Å²) in [6, 6.07) is 10.6. The fourth-order valence-corrected chi connectivity index (χ4v) is 3.54. The predicted octanol–water partition coefficient (Wildman–Crippen LogP) is 3.85. The van der Waals surface area contributed by atoms with E-state index in [1.807, 2.05) is 35.3 Å². The van der Waals surface area contributed by atoms with Crippen LogP contribution < -0.4 is 4.90 Å². The standard InChI is InChI=1S/C21H24FN5.ClH/c1-2-27-16-17(14-24-27)15-25-10-12-26(13-11-25)21-20(4-3-9-23-21)18-5-7-19(22)8-6-18;/h3-9,14,16H,2,10-13,15H2,1H3;1H. The second-order valence-electron chi connectivity index (χ2n) is 6.85. The molecule has 28 heavy (non-hydrogen) atoms. The minimum Gasteiger partial charge on any atom is -0.354 e. The van der Waals surface area contributed by atoms with Crippen LogP contribution >= 0.6 is 12.4 Å². The van der Waals surface area contributed by atoms with E-state index in [1.165, 1.54) is 17.7 Å². The van der Waals surface area contributed by atoms with Crippen LogP contribution in [-0.2, 0) is 13.1 Å². The third-order valence-corrected chi connectivity index (χ3v) is 5.03. The Morgan fingerprint density at radius 3 is 2.46 bits per heavy atom. The second-order valence-corrected chi connectivity index (χ2v) is 6.85. The monoisotopic (exact) mass is 401 g/mol. The van der Waals surface area contributed by atoms with Gasteiger partial charge >= 0.3 is 0 Å². The van der Waals surface area contributed by atoms with Crippen molar-refractivity contribution in [3.8, 4) is 11.1 Å². The van der Waals surface area contributed by atoms with Gasteiger partial charge in [-0.25, -0.2) is 9.37 Å². The Morgan fingerprint density at radius 1 is 1.04 bits per heavy atom. The highest BCUT2D eigenvalue weighted by Gasteiger charge is 2.21. The lowest BCUT2D eigenvalue weighted by Gasteiger charge is -2.36. The second kappa shape index (κ2) is 9.17. The molecule has 1 aromatic carbocycles. The smallest absolute Gasteiger partial charge is 0.136 e. The van der Waals surface area contributed by atoms with Crippen LogP contribution in [0.5, 0.6) is 0 Å². The summed E-state index contributed by atoms with van der Waals surface area (Å²) in [5.41, 5.74) is 3.30. The SMILES string of the molecule is CCn1cc(CN2CCN(c3ncccc3-c3ccc(F)cc3)CC2)cn1.Cl. The summed E-state index contributed by atoms with van der Waals surface area (Å²) < 4.78 is 15.2. The summed E-state index contributed by atoms with van der Waals surface area (Å²) >= 11 is 0. The van der Waals surface area contributed by atoms with E-state index in [2.05, 4.69) is 39.1 Å². The van der Waals surface area contributed by atoms with Gasteiger partial charge in [0.1, 0.15) is 11.6 Å². The number of nitrogens with zero attached hydrogens (tertiary/aromatic N) is 5. The first kappa shape index (κ1) is 20.3. The van der Waals surface area contributed by atoms with Gasteiger partial charge in [-0.2, -0.15) is 5.10 Å². The van der Waals surface area contributed by atoms with Gasteiger partial charge in [-0.05, 0) is 36.8 Å². The van der Waals surface area contributed by atoms with Crippen molar-refractivity contribution >= 4 is 18.2 Å². The van der Waals surface area contributed by atoms with E-state index < -0.39 is 0 Å². The molecule has 1 fully saturated rings. The van der Waals surface area contributed by atoms with Gasteiger partial charge < -0.3 is 4.90 Å². The van der Waals surface area contributed by atoms with E-state index in [0.29, 0.717) is 0 Å². The third kappa shape index (κ3) is 4.51. The molecule has 1 aliphatic heterocycles. The zero-order valence-corrected chi connectivity index (χ0v) is 16.8. The lowest BCUT2D eigenvalue weighted by Crippen LogP contribution is -2.46. The summed E-state index contributed by atoms with van der Waals surface area (Å²) in [5.74, 6) is 0.756. The van der Waals surface area contributed by atoms with Crippen molar-refractivity contribution in [2.45, 2.75) is 20.0 Å². The van der Waals surface area contributed by atoms with Crippen LogP contribution in [0.3, 0.4) is 0 Å². The molecule has 0 bridgehead atoms. The van der Waals surface area contributed by atoms with Gasteiger partial charge in [0.05, 0.1) is 6.20 Å². The first-order valence-corrected chi connectivity index (χ1v) is 9.42. The van der Waals surface area contributed by atoms with Crippen molar-refractivity contribution in [2.24, 2.45) is 0 Å². The van der Waals surface area contributed by atoms with Crippen molar-refractivity contribution in [3.05, 3.63) is 66.4 Å². The molecule has 7 heteroatoms. The minimum absolute atomic E-state index is 0. The molecule has 0 amide bonds. The first-order valence-electron chi connectivity index (χ1n) is 9.42. The molecular weight excluding hydrogens is 377 g/mol. The molecule has 0 N–H and O–H groups in total. The van der Waals surface area contributed by atoms with Gasteiger partial charge in [0, 0.05) is 62.8 Å². The molecule has 1 aliphatic rings. The van der Waals surface area contributed by atoms with Crippen molar-refractivity contribution in [2.75, 3.05) is 31.1 Å². The highest BCUT2D eigenvalue weighted by molar-refractivity contribution is 5.85. The number of aryl methyl sites for hydroxylation is 1.